The minimum atomic E-state index is -1.02. The number of allylic oxidation sites excluding steroid dienone is 2. The van der Waals surface area contributed by atoms with Crippen LogP contribution >= 0.6 is 0 Å². The summed E-state index contributed by atoms with van der Waals surface area (Å²) in [4.78, 5) is 34.7. The molecular formula is C35H65NO5. The van der Waals surface area contributed by atoms with Gasteiger partial charge in [-0.25, -0.2) is 0 Å². The van der Waals surface area contributed by atoms with Crippen LogP contribution in [-0.2, 0) is 19.1 Å². The summed E-state index contributed by atoms with van der Waals surface area (Å²) < 4.78 is 5.95. The first kappa shape index (κ1) is 39.1. The van der Waals surface area contributed by atoms with E-state index in [-0.39, 0.29) is 24.5 Å². The van der Waals surface area contributed by atoms with Crippen molar-refractivity contribution >= 4 is 17.8 Å². The summed E-state index contributed by atoms with van der Waals surface area (Å²) >= 11 is 0. The van der Waals surface area contributed by atoms with Crippen molar-refractivity contribution in [1.29, 1.82) is 0 Å². The first-order chi connectivity index (χ1) is 20.0. The monoisotopic (exact) mass is 579 g/mol. The van der Waals surface area contributed by atoms with Gasteiger partial charge in [0, 0.05) is 12.8 Å². The lowest BCUT2D eigenvalue weighted by atomic mass is 10.0. The van der Waals surface area contributed by atoms with Crippen LogP contribution in [0.4, 0.5) is 0 Å². The Morgan fingerprint density at radius 3 is 1.61 bits per heavy atom. The molecule has 0 radical (unpaired) electrons. The predicted molar refractivity (Wildman–Crippen MR) is 171 cm³/mol. The maximum atomic E-state index is 12.6. The normalized spacial score (nSPS) is 12.0. The minimum Gasteiger partial charge on any atom is -0.480 e. The molecule has 0 aliphatic heterocycles. The molecule has 0 saturated carbocycles. The van der Waals surface area contributed by atoms with Crippen LogP contribution in [0.15, 0.2) is 12.2 Å². The molecular weight excluding hydrogens is 514 g/mol. The van der Waals surface area contributed by atoms with Gasteiger partial charge in [0.05, 0.1) is 0 Å². The highest BCUT2D eigenvalue weighted by molar-refractivity contribution is 5.80. The Balaban J connectivity index is 4.10. The first-order valence-electron chi connectivity index (χ1n) is 17.3. The molecule has 1 amide bonds. The molecule has 41 heavy (non-hydrogen) atoms. The number of ether oxygens (including phenoxy) is 1. The van der Waals surface area contributed by atoms with E-state index in [4.69, 9.17) is 9.84 Å². The van der Waals surface area contributed by atoms with Crippen molar-refractivity contribution in [2.75, 3.05) is 6.54 Å². The van der Waals surface area contributed by atoms with Gasteiger partial charge in [-0.05, 0) is 64.2 Å². The average Bonchev–Trinajstić information content (AvgIpc) is 2.95. The zero-order chi connectivity index (χ0) is 30.2. The van der Waals surface area contributed by atoms with Crippen molar-refractivity contribution in [1.82, 2.24) is 5.32 Å². The summed E-state index contributed by atoms with van der Waals surface area (Å²) in [5.74, 6) is -1.24. The number of carbonyl (C=O) groups is 3. The van der Waals surface area contributed by atoms with E-state index in [0.717, 1.165) is 64.2 Å². The molecule has 0 aliphatic carbocycles. The predicted octanol–water partition coefficient (Wildman–Crippen LogP) is 9.84. The standard InChI is InChI=1S/C35H65NO5/c1-3-5-7-9-11-12-13-14-15-17-22-26-30-35(40)41-32(27-23-19-16-10-8-6-4-2)28-24-20-18-21-25-29-33(37)36-31-34(38)39/h11-12,32H,3-10,13-31H2,1-2H3,(H,36,37)(H,38,39)/b12-11-. The molecule has 1 unspecified atom stereocenters. The Hall–Kier alpha value is -1.85. The van der Waals surface area contributed by atoms with Gasteiger partial charge in [0.25, 0.3) is 0 Å². The van der Waals surface area contributed by atoms with E-state index in [2.05, 4.69) is 31.3 Å². The van der Waals surface area contributed by atoms with Crippen molar-refractivity contribution in [3.05, 3.63) is 12.2 Å². The summed E-state index contributed by atoms with van der Waals surface area (Å²) in [6.45, 7) is 4.17. The molecule has 0 saturated heterocycles. The Labute approximate surface area is 252 Å². The van der Waals surface area contributed by atoms with Crippen LogP contribution in [-0.4, -0.2) is 35.6 Å². The number of hydrogen-bond acceptors (Lipinski definition) is 4. The molecule has 0 aromatic heterocycles. The topological polar surface area (TPSA) is 92.7 Å². The lowest BCUT2D eigenvalue weighted by Gasteiger charge is -2.18. The number of amides is 1. The fourth-order valence-electron chi connectivity index (χ4n) is 5.10. The molecule has 0 bridgehead atoms. The second-order valence-electron chi connectivity index (χ2n) is 11.8. The van der Waals surface area contributed by atoms with E-state index in [9.17, 15) is 14.4 Å². The lowest BCUT2D eigenvalue weighted by molar-refractivity contribution is -0.150. The van der Waals surface area contributed by atoms with E-state index in [0.29, 0.717) is 12.8 Å². The van der Waals surface area contributed by atoms with Gasteiger partial charge in [-0.2, -0.15) is 0 Å². The molecule has 6 heteroatoms. The van der Waals surface area contributed by atoms with Gasteiger partial charge in [-0.3, -0.25) is 14.4 Å². The SMILES string of the molecule is CCCCC/C=C\CCCCCCCC(=O)OC(CCCCCCCCC)CCCCCCCC(=O)NCC(=O)O. The van der Waals surface area contributed by atoms with E-state index >= 15 is 0 Å². The van der Waals surface area contributed by atoms with Crippen molar-refractivity contribution in [2.45, 2.75) is 187 Å². The van der Waals surface area contributed by atoms with Crippen LogP contribution < -0.4 is 5.32 Å². The molecule has 1 atom stereocenters. The number of rotatable bonds is 31. The lowest BCUT2D eigenvalue weighted by Crippen LogP contribution is -2.28. The van der Waals surface area contributed by atoms with E-state index in [1.54, 1.807) is 0 Å². The zero-order valence-electron chi connectivity index (χ0n) is 26.9. The van der Waals surface area contributed by atoms with Crippen LogP contribution in [0, 0.1) is 0 Å². The molecule has 0 fully saturated rings. The van der Waals surface area contributed by atoms with Gasteiger partial charge in [0.15, 0.2) is 0 Å². The van der Waals surface area contributed by atoms with E-state index in [1.165, 1.54) is 89.9 Å². The third kappa shape index (κ3) is 30.9. The molecule has 0 aliphatic rings. The second-order valence-corrected chi connectivity index (χ2v) is 11.8. The fraction of sp³-hybridized carbons (Fsp3) is 0.857. The van der Waals surface area contributed by atoms with Gasteiger partial charge in [-0.15, -0.1) is 0 Å². The molecule has 0 spiro atoms. The maximum absolute atomic E-state index is 12.6. The van der Waals surface area contributed by atoms with Crippen molar-refractivity contribution in [3.8, 4) is 0 Å². The number of unbranched alkanes of at least 4 members (excludes halogenated alkanes) is 18. The van der Waals surface area contributed by atoms with Crippen LogP contribution in [0.3, 0.4) is 0 Å². The van der Waals surface area contributed by atoms with Gasteiger partial charge < -0.3 is 15.2 Å². The Morgan fingerprint density at radius 2 is 1.05 bits per heavy atom. The second kappa shape index (κ2) is 31.1. The molecule has 6 nitrogen and oxygen atoms in total. The van der Waals surface area contributed by atoms with E-state index < -0.39 is 5.97 Å². The molecule has 0 rings (SSSR count). The number of carbonyl (C=O) groups excluding carboxylic acids is 2. The number of aliphatic carboxylic acids is 1. The summed E-state index contributed by atoms with van der Waals surface area (Å²) in [6, 6.07) is 0. The minimum absolute atomic E-state index is 0.0275. The van der Waals surface area contributed by atoms with E-state index in [1.807, 2.05) is 0 Å². The smallest absolute Gasteiger partial charge is 0.322 e. The van der Waals surface area contributed by atoms with Gasteiger partial charge in [0.1, 0.15) is 12.6 Å². The van der Waals surface area contributed by atoms with Crippen LogP contribution in [0.5, 0.6) is 0 Å². The van der Waals surface area contributed by atoms with Gasteiger partial charge >= 0.3 is 11.9 Å². The fourth-order valence-corrected chi connectivity index (χ4v) is 5.10. The maximum Gasteiger partial charge on any atom is 0.322 e. The largest absolute Gasteiger partial charge is 0.480 e. The number of hydrogen-bond donors (Lipinski definition) is 2. The van der Waals surface area contributed by atoms with Crippen LogP contribution in [0.2, 0.25) is 0 Å². The van der Waals surface area contributed by atoms with Gasteiger partial charge in [0.2, 0.25) is 5.91 Å². The van der Waals surface area contributed by atoms with Crippen LogP contribution in [0.25, 0.3) is 0 Å². The van der Waals surface area contributed by atoms with Crippen LogP contribution in [0.1, 0.15) is 181 Å². The third-order valence-corrected chi connectivity index (χ3v) is 7.69. The number of esters is 1. The molecule has 240 valence electrons. The number of nitrogens with one attached hydrogen (secondary N) is 1. The molecule has 0 heterocycles. The first-order valence-corrected chi connectivity index (χ1v) is 17.3. The molecule has 2 N–H and O–H groups in total. The molecule has 0 aromatic rings. The zero-order valence-corrected chi connectivity index (χ0v) is 26.9. The highest BCUT2D eigenvalue weighted by Crippen LogP contribution is 2.18. The number of carboxylic acids is 1. The molecule has 0 aromatic carbocycles. The number of carboxylic acid groups (broad SMARTS) is 1. The summed E-state index contributed by atoms with van der Waals surface area (Å²) in [6.07, 6.45) is 33.2. The highest BCUT2D eigenvalue weighted by Gasteiger charge is 2.14. The Bertz CT molecular complexity index is 648. The summed E-state index contributed by atoms with van der Waals surface area (Å²) in [5.41, 5.74) is 0. The summed E-state index contributed by atoms with van der Waals surface area (Å²) in [5, 5.41) is 11.0. The third-order valence-electron chi connectivity index (χ3n) is 7.69. The summed E-state index contributed by atoms with van der Waals surface area (Å²) in [7, 11) is 0. The van der Waals surface area contributed by atoms with Crippen molar-refractivity contribution in [3.63, 3.8) is 0 Å². The van der Waals surface area contributed by atoms with Crippen molar-refractivity contribution < 1.29 is 24.2 Å². The van der Waals surface area contributed by atoms with Gasteiger partial charge in [-0.1, -0.05) is 116 Å². The quantitative estimate of drug-likeness (QED) is 0.0484. The average molecular weight is 580 g/mol. The Kier molecular flexibility index (Phi) is 29.7. The highest BCUT2D eigenvalue weighted by atomic mass is 16.5. The Morgan fingerprint density at radius 1 is 0.610 bits per heavy atom. The van der Waals surface area contributed by atoms with Crippen molar-refractivity contribution in [2.24, 2.45) is 0 Å².